The van der Waals surface area contributed by atoms with Crippen molar-refractivity contribution < 1.29 is 27.4 Å². The molecule has 0 spiro atoms. The number of benzodiazepines with no additional fused rings is 1. The normalized spacial score (nSPS) is 19.8. The molecule has 1 fully saturated rings. The minimum atomic E-state index is -4.57. The lowest BCUT2D eigenvalue weighted by Gasteiger charge is -2.17. The molecule has 0 saturated carbocycles. The number of amidine groups is 1. The predicted octanol–water partition coefficient (Wildman–Crippen LogP) is 3.45. The van der Waals surface area contributed by atoms with Gasteiger partial charge in [0.2, 0.25) is 12.4 Å². The Morgan fingerprint density at radius 1 is 1.13 bits per heavy atom. The number of anilines is 2. The third-order valence-corrected chi connectivity index (χ3v) is 5.87. The summed E-state index contributed by atoms with van der Waals surface area (Å²) in [5, 5.41) is 5.73. The van der Waals surface area contributed by atoms with Crippen molar-refractivity contribution >= 4 is 29.0 Å². The van der Waals surface area contributed by atoms with Gasteiger partial charge < -0.3 is 20.1 Å². The van der Waals surface area contributed by atoms with Crippen molar-refractivity contribution in [3.8, 4) is 0 Å². The van der Waals surface area contributed by atoms with E-state index in [9.17, 15) is 18.0 Å². The molecule has 0 bridgehead atoms. The maximum absolute atomic E-state index is 13.3. The summed E-state index contributed by atoms with van der Waals surface area (Å²) in [4.78, 5) is 26.0. The van der Waals surface area contributed by atoms with E-state index in [1.165, 1.54) is 7.11 Å². The number of carbonyl (C=O) groups excluding carboxylic acids is 1. The van der Waals surface area contributed by atoms with Gasteiger partial charge in [-0.2, -0.15) is 23.6 Å². The molecule has 10 nitrogen and oxygen atoms in total. The summed E-state index contributed by atoms with van der Waals surface area (Å²) >= 11 is 0. The fourth-order valence-electron chi connectivity index (χ4n) is 4.02. The number of hydrogen-bond donors (Lipinski definition) is 4. The minimum Gasteiger partial charge on any atom is -0.437 e. The van der Waals surface area contributed by atoms with Crippen LogP contribution in [0, 0.1) is 0 Å². The van der Waals surface area contributed by atoms with Crippen molar-refractivity contribution in [1.82, 2.24) is 15.8 Å². The van der Waals surface area contributed by atoms with E-state index in [1.807, 2.05) is 42.5 Å². The number of hydrazine groups is 1. The number of halogens is 3. The van der Waals surface area contributed by atoms with Crippen molar-refractivity contribution in [2.24, 2.45) is 9.98 Å². The van der Waals surface area contributed by atoms with Gasteiger partial charge in [0.15, 0.2) is 0 Å². The number of aromatic nitrogens is 1. The number of ether oxygens (including phenoxy) is 2. The van der Waals surface area contributed by atoms with Crippen LogP contribution in [-0.2, 0) is 20.4 Å². The monoisotopic (exact) mass is 539 g/mol. The molecule has 5 rings (SSSR count). The first kappa shape index (κ1) is 26.1. The van der Waals surface area contributed by atoms with Crippen molar-refractivity contribution in [1.29, 1.82) is 0 Å². The van der Waals surface area contributed by atoms with E-state index in [0.717, 1.165) is 23.4 Å². The summed E-state index contributed by atoms with van der Waals surface area (Å²) in [6.07, 6.45) is -6.06. The Kier molecular flexibility index (Phi) is 7.43. The Hall–Kier alpha value is -4.49. The van der Waals surface area contributed by atoms with E-state index in [1.54, 1.807) is 12.1 Å². The van der Waals surface area contributed by atoms with E-state index in [2.05, 4.69) is 36.5 Å². The Bertz CT molecular complexity index is 1410. The number of para-hydroxylation sites is 1. The molecule has 2 aromatic carbocycles. The molecule has 0 radical (unpaired) electrons. The third-order valence-electron chi connectivity index (χ3n) is 5.87. The summed E-state index contributed by atoms with van der Waals surface area (Å²) < 4.78 is 50.6. The molecule has 2 atom stereocenters. The molecule has 1 amide bonds. The Balaban J connectivity index is 1.43. The third kappa shape index (κ3) is 5.84. The van der Waals surface area contributed by atoms with E-state index in [-0.39, 0.29) is 30.6 Å². The van der Waals surface area contributed by atoms with Crippen LogP contribution in [-0.4, -0.2) is 49.1 Å². The average Bonchev–Trinajstić information content (AvgIpc) is 3.34. The number of amides is 1. The highest BCUT2D eigenvalue weighted by Crippen LogP contribution is 2.33. The fraction of sp³-hybridized carbons (Fsp3) is 0.231. The van der Waals surface area contributed by atoms with Crippen molar-refractivity contribution in [2.45, 2.75) is 18.6 Å². The molecule has 1 saturated heterocycles. The van der Waals surface area contributed by atoms with Crippen LogP contribution in [0.2, 0.25) is 0 Å². The fourth-order valence-corrected chi connectivity index (χ4v) is 4.02. The number of rotatable bonds is 7. The second-order valence-corrected chi connectivity index (χ2v) is 8.53. The van der Waals surface area contributed by atoms with E-state index >= 15 is 0 Å². The quantitative estimate of drug-likeness (QED) is 0.340. The van der Waals surface area contributed by atoms with Crippen LogP contribution in [0.3, 0.4) is 0 Å². The van der Waals surface area contributed by atoms with Gasteiger partial charge in [-0.3, -0.25) is 15.2 Å². The van der Waals surface area contributed by atoms with Gasteiger partial charge in [0.25, 0.3) is 5.91 Å². The van der Waals surface area contributed by atoms with Crippen molar-refractivity contribution in [3.05, 3.63) is 89.2 Å². The van der Waals surface area contributed by atoms with Crippen LogP contribution >= 0.6 is 0 Å². The number of benzene rings is 2. The molecule has 1 unspecified atom stereocenters. The minimum absolute atomic E-state index is 0.0770. The van der Waals surface area contributed by atoms with Gasteiger partial charge in [-0.1, -0.05) is 48.5 Å². The lowest BCUT2D eigenvalue weighted by Crippen LogP contribution is -2.31. The zero-order valence-electron chi connectivity index (χ0n) is 20.6. The molecular weight excluding hydrogens is 515 g/mol. The second kappa shape index (κ2) is 11.1. The maximum atomic E-state index is 13.3. The molecule has 4 N–H and O–H groups in total. The molecule has 2 aliphatic heterocycles. The number of nitrogens with zero attached hydrogens (tertiary/aromatic N) is 3. The summed E-state index contributed by atoms with van der Waals surface area (Å²) in [5.41, 5.74) is 7.55. The van der Waals surface area contributed by atoms with Gasteiger partial charge in [-0.25, -0.2) is 4.99 Å². The van der Waals surface area contributed by atoms with Crippen LogP contribution in [0.4, 0.5) is 24.5 Å². The number of aliphatic imine (C=N–C) groups is 2. The first-order chi connectivity index (χ1) is 18.8. The van der Waals surface area contributed by atoms with Crippen LogP contribution in [0.15, 0.2) is 76.8 Å². The largest absolute Gasteiger partial charge is 0.437 e. The highest BCUT2D eigenvalue weighted by Gasteiger charge is 2.34. The lowest BCUT2D eigenvalue weighted by molar-refractivity contribution is -0.137. The zero-order valence-corrected chi connectivity index (χ0v) is 20.6. The molecule has 3 heterocycles. The number of methoxy groups -OCH3 is 1. The van der Waals surface area contributed by atoms with Gasteiger partial charge in [0.05, 0.1) is 29.3 Å². The average molecular weight is 540 g/mol. The molecule has 2 aliphatic rings. The van der Waals surface area contributed by atoms with Gasteiger partial charge in [-0.05, 0) is 12.1 Å². The molecule has 13 heteroatoms. The Labute approximate surface area is 221 Å². The molecular formula is C26H24F3N7O3. The predicted molar refractivity (Wildman–Crippen MR) is 138 cm³/mol. The van der Waals surface area contributed by atoms with E-state index in [4.69, 9.17) is 9.47 Å². The molecule has 0 aliphatic carbocycles. The summed E-state index contributed by atoms with van der Waals surface area (Å²) in [7, 11) is 1.48. The van der Waals surface area contributed by atoms with Gasteiger partial charge in [-0.15, -0.1) is 0 Å². The molecule has 1 aromatic heterocycles. The topological polar surface area (TPSA) is 121 Å². The number of pyridine rings is 1. The second-order valence-electron chi connectivity index (χ2n) is 8.53. The first-order valence-corrected chi connectivity index (χ1v) is 11.9. The number of alkyl halides is 3. The highest BCUT2D eigenvalue weighted by molar-refractivity contribution is 6.19. The molecule has 3 aromatic rings. The summed E-state index contributed by atoms with van der Waals surface area (Å²) in [6, 6.07) is 17.5. The first-order valence-electron chi connectivity index (χ1n) is 11.9. The van der Waals surface area contributed by atoms with Crippen LogP contribution < -0.4 is 21.5 Å². The van der Waals surface area contributed by atoms with E-state index < -0.39 is 30.0 Å². The van der Waals surface area contributed by atoms with Gasteiger partial charge >= 0.3 is 12.2 Å². The lowest BCUT2D eigenvalue weighted by atomic mass is 10.0. The number of fused-ring (bicyclic) bond motifs is 1. The number of hydrogen-bond acceptors (Lipinski definition) is 8. The smallest absolute Gasteiger partial charge is 0.417 e. The Morgan fingerprint density at radius 2 is 1.90 bits per heavy atom. The summed E-state index contributed by atoms with van der Waals surface area (Å²) in [5.74, 6) is -0.482. The standard InChI is InChI=1S/C26H24F3N7O3/c1-38-12-11-30-19-13-16(26(27,28)29)14-31-21(19)24-35-36-25(39-24)34-22-23(37)32-18-10-6-5-9-17(18)20(33-22)15-7-3-2-4-8-15/h2-10,13-14,22,24,30,35H,11-12H2,1H3,(H,32,37)(H,34,36)/t22-,24?/m1/s1. The van der Waals surface area contributed by atoms with Crippen molar-refractivity contribution in [2.75, 3.05) is 30.9 Å². The molecule has 202 valence electrons. The van der Waals surface area contributed by atoms with Crippen LogP contribution in [0.5, 0.6) is 0 Å². The van der Waals surface area contributed by atoms with Gasteiger partial charge in [0, 0.05) is 31.0 Å². The molecule has 39 heavy (non-hydrogen) atoms. The van der Waals surface area contributed by atoms with Gasteiger partial charge in [0.1, 0.15) is 5.69 Å². The Morgan fingerprint density at radius 3 is 2.67 bits per heavy atom. The summed E-state index contributed by atoms with van der Waals surface area (Å²) in [6.45, 7) is 0.508. The van der Waals surface area contributed by atoms with Crippen LogP contribution in [0.1, 0.15) is 28.6 Å². The maximum Gasteiger partial charge on any atom is 0.417 e. The highest BCUT2D eigenvalue weighted by atomic mass is 19.4. The number of nitrogens with one attached hydrogen (secondary N) is 4. The van der Waals surface area contributed by atoms with Crippen LogP contribution in [0.25, 0.3) is 0 Å². The zero-order chi connectivity index (χ0) is 27.4. The van der Waals surface area contributed by atoms with E-state index in [0.29, 0.717) is 11.4 Å². The SMILES string of the molecule is COCCNc1cc(C(F)(F)F)cnc1C1NN/C(=N\[C@H]2N=C(c3ccccc3)c3ccccc3NC2=O)O1. The van der Waals surface area contributed by atoms with Crippen molar-refractivity contribution in [3.63, 3.8) is 0 Å². The number of carbonyl (C=O) groups is 1.